The quantitative estimate of drug-likeness (QED) is 0.862. The van der Waals surface area contributed by atoms with Gasteiger partial charge in [-0.2, -0.15) is 4.98 Å². The Balaban J connectivity index is 2.32. The second kappa shape index (κ2) is 5.37. The SMILES string of the molecule is CCOC(C)c1noc(-c2cccc(Cl)c2N)n1. The largest absolute Gasteiger partial charge is 0.397 e. The molecule has 1 aromatic carbocycles. The van der Waals surface area contributed by atoms with Gasteiger partial charge in [0.2, 0.25) is 5.82 Å². The minimum Gasteiger partial charge on any atom is -0.397 e. The molecule has 0 saturated heterocycles. The van der Waals surface area contributed by atoms with E-state index in [1.807, 2.05) is 13.8 Å². The van der Waals surface area contributed by atoms with Gasteiger partial charge in [-0.25, -0.2) is 0 Å². The first-order chi connectivity index (χ1) is 8.63. The smallest absolute Gasteiger partial charge is 0.260 e. The molecule has 1 unspecified atom stereocenters. The highest BCUT2D eigenvalue weighted by atomic mass is 35.5. The number of hydrogen-bond acceptors (Lipinski definition) is 5. The van der Waals surface area contributed by atoms with Crippen LogP contribution in [0.1, 0.15) is 25.8 Å². The second-order valence-corrected chi connectivity index (χ2v) is 4.16. The Morgan fingerprint density at radius 3 is 3.00 bits per heavy atom. The number of ether oxygens (including phenoxy) is 1. The summed E-state index contributed by atoms with van der Waals surface area (Å²) in [5.41, 5.74) is 6.93. The molecule has 5 nitrogen and oxygen atoms in total. The average molecular weight is 268 g/mol. The monoisotopic (exact) mass is 267 g/mol. The Morgan fingerprint density at radius 2 is 2.28 bits per heavy atom. The van der Waals surface area contributed by atoms with E-state index < -0.39 is 0 Å². The number of para-hydroxylation sites is 1. The van der Waals surface area contributed by atoms with Crippen molar-refractivity contribution in [2.45, 2.75) is 20.0 Å². The van der Waals surface area contributed by atoms with Gasteiger partial charge in [-0.1, -0.05) is 22.8 Å². The maximum absolute atomic E-state index is 5.94. The van der Waals surface area contributed by atoms with Crippen LogP contribution in [0, 0.1) is 0 Å². The van der Waals surface area contributed by atoms with E-state index in [-0.39, 0.29) is 6.10 Å². The molecule has 1 atom stereocenters. The number of benzene rings is 1. The molecule has 0 radical (unpaired) electrons. The summed E-state index contributed by atoms with van der Waals surface area (Å²) in [6.45, 7) is 4.36. The summed E-state index contributed by atoms with van der Waals surface area (Å²) in [7, 11) is 0. The molecule has 0 aliphatic carbocycles. The van der Waals surface area contributed by atoms with Crippen molar-refractivity contribution in [2.24, 2.45) is 0 Å². The lowest BCUT2D eigenvalue weighted by atomic mass is 10.2. The first-order valence-electron chi connectivity index (χ1n) is 5.63. The summed E-state index contributed by atoms with van der Waals surface area (Å²) in [6, 6.07) is 5.27. The van der Waals surface area contributed by atoms with E-state index >= 15 is 0 Å². The number of aromatic nitrogens is 2. The van der Waals surface area contributed by atoms with Crippen LogP contribution in [0.15, 0.2) is 22.7 Å². The number of anilines is 1. The molecule has 0 aliphatic rings. The van der Waals surface area contributed by atoms with E-state index in [9.17, 15) is 0 Å². The van der Waals surface area contributed by atoms with Crippen molar-refractivity contribution in [3.63, 3.8) is 0 Å². The maximum atomic E-state index is 5.94. The summed E-state index contributed by atoms with van der Waals surface area (Å²) in [5, 5.41) is 4.34. The van der Waals surface area contributed by atoms with Gasteiger partial charge >= 0.3 is 0 Å². The average Bonchev–Trinajstić information content (AvgIpc) is 2.82. The van der Waals surface area contributed by atoms with Crippen molar-refractivity contribution < 1.29 is 9.26 Å². The lowest BCUT2D eigenvalue weighted by Gasteiger charge is -2.05. The van der Waals surface area contributed by atoms with Crippen molar-refractivity contribution in [3.05, 3.63) is 29.0 Å². The van der Waals surface area contributed by atoms with E-state index in [4.69, 9.17) is 26.6 Å². The maximum Gasteiger partial charge on any atom is 0.260 e. The zero-order valence-electron chi connectivity index (χ0n) is 10.2. The minimum absolute atomic E-state index is 0.215. The molecule has 0 aliphatic heterocycles. The van der Waals surface area contributed by atoms with Gasteiger partial charge in [0.05, 0.1) is 16.3 Å². The third kappa shape index (κ3) is 2.47. The lowest BCUT2D eigenvalue weighted by Crippen LogP contribution is -2.01. The van der Waals surface area contributed by atoms with Gasteiger partial charge in [0, 0.05) is 6.61 Å². The van der Waals surface area contributed by atoms with E-state index in [2.05, 4.69) is 10.1 Å². The van der Waals surface area contributed by atoms with Gasteiger partial charge in [-0.05, 0) is 26.0 Å². The van der Waals surface area contributed by atoms with Crippen LogP contribution in [0.5, 0.6) is 0 Å². The van der Waals surface area contributed by atoms with Crippen LogP contribution in [0.2, 0.25) is 5.02 Å². The molecule has 1 heterocycles. The molecule has 0 saturated carbocycles. The predicted octanol–water partition coefficient (Wildman–Crippen LogP) is 3.07. The molecule has 6 heteroatoms. The highest BCUT2D eigenvalue weighted by Crippen LogP contribution is 2.30. The van der Waals surface area contributed by atoms with Crippen molar-refractivity contribution >= 4 is 17.3 Å². The van der Waals surface area contributed by atoms with E-state index in [0.717, 1.165) is 0 Å². The molecule has 0 fully saturated rings. The molecule has 18 heavy (non-hydrogen) atoms. The van der Waals surface area contributed by atoms with Crippen molar-refractivity contribution in [1.29, 1.82) is 0 Å². The third-order valence-electron chi connectivity index (χ3n) is 2.51. The Bertz CT molecular complexity index is 542. The summed E-state index contributed by atoms with van der Waals surface area (Å²) in [6.07, 6.45) is -0.215. The molecule has 2 aromatic rings. The van der Waals surface area contributed by atoms with E-state index in [1.54, 1.807) is 18.2 Å². The topological polar surface area (TPSA) is 74.2 Å². The van der Waals surface area contributed by atoms with Crippen LogP contribution < -0.4 is 5.73 Å². The standard InChI is InChI=1S/C12H14ClN3O2/c1-3-17-7(2)11-15-12(18-16-11)8-5-4-6-9(13)10(8)14/h4-7H,3,14H2,1-2H3. The fourth-order valence-corrected chi connectivity index (χ4v) is 1.73. The fraction of sp³-hybridized carbons (Fsp3) is 0.333. The minimum atomic E-state index is -0.215. The Hall–Kier alpha value is -1.59. The van der Waals surface area contributed by atoms with Crippen molar-refractivity contribution in [2.75, 3.05) is 12.3 Å². The Morgan fingerprint density at radius 1 is 1.50 bits per heavy atom. The van der Waals surface area contributed by atoms with Crippen LogP contribution in [0.3, 0.4) is 0 Å². The summed E-state index contributed by atoms with van der Waals surface area (Å²) < 4.78 is 10.6. The Kier molecular flexibility index (Phi) is 3.84. The first kappa shape index (κ1) is 12.9. The van der Waals surface area contributed by atoms with Crippen LogP contribution in [-0.4, -0.2) is 16.7 Å². The van der Waals surface area contributed by atoms with Crippen molar-refractivity contribution in [1.82, 2.24) is 10.1 Å². The van der Waals surface area contributed by atoms with Gasteiger partial charge in [-0.15, -0.1) is 0 Å². The molecule has 96 valence electrons. The highest BCUT2D eigenvalue weighted by Gasteiger charge is 2.17. The van der Waals surface area contributed by atoms with Gasteiger partial charge in [0.1, 0.15) is 6.10 Å². The first-order valence-corrected chi connectivity index (χ1v) is 6.00. The normalized spacial score (nSPS) is 12.6. The molecular formula is C12H14ClN3O2. The molecule has 0 bridgehead atoms. The van der Waals surface area contributed by atoms with Crippen LogP contribution in [0.25, 0.3) is 11.5 Å². The van der Waals surface area contributed by atoms with E-state index in [0.29, 0.717) is 34.6 Å². The molecule has 0 amide bonds. The molecule has 1 aromatic heterocycles. The van der Waals surface area contributed by atoms with Gasteiger partial charge in [0.15, 0.2) is 0 Å². The molecular weight excluding hydrogens is 254 g/mol. The Labute approximate surface area is 110 Å². The molecule has 0 spiro atoms. The van der Waals surface area contributed by atoms with Gasteiger partial charge in [-0.3, -0.25) is 0 Å². The molecule has 2 rings (SSSR count). The van der Waals surface area contributed by atoms with E-state index in [1.165, 1.54) is 0 Å². The number of nitrogens with two attached hydrogens (primary N) is 1. The van der Waals surface area contributed by atoms with Crippen LogP contribution in [0.4, 0.5) is 5.69 Å². The van der Waals surface area contributed by atoms with Crippen molar-refractivity contribution in [3.8, 4) is 11.5 Å². The number of hydrogen-bond donors (Lipinski definition) is 1. The second-order valence-electron chi connectivity index (χ2n) is 3.76. The van der Waals surface area contributed by atoms with Crippen LogP contribution in [-0.2, 0) is 4.74 Å². The number of halogens is 1. The van der Waals surface area contributed by atoms with Gasteiger partial charge < -0.3 is 15.0 Å². The highest BCUT2D eigenvalue weighted by molar-refractivity contribution is 6.33. The summed E-state index contributed by atoms with van der Waals surface area (Å²) >= 11 is 5.94. The zero-order chi connectivity index (χ0) is 13.1. The number of rotatable bonds is 4. The lowest BCUT2D eigenvalue weighted by molar-refractivity contribution is 0.0683. The van der Waals surface area contributed by atoms with Gasteiger partial charge in [0.25, 0.3) is 5.89 Å². The summed E-state index contributed by atoms with van der Waals surface area (Å²) in [5.74, 6) is 0.836. The number of nitrogen functional groups attached to an aromatic ring is 1. The summed E-state index contributed by atoms with van der Waals surface area (Å²) in [4.78, 5) is 4.26. The number of nitrogens with zero attached hydrogens (tertiary/aromatic N) is 2. The zero-order valence-corrected chi connectivity index (χ0v) is 10.9. The van der Waals surface area contributed by atoms with Crippen LogP contribution >= 0.6 is 11.6 Å². The predicted molar refractivity (Wildman–Crippen MR) is 69.2 cm³/mol. The third-order valence-corrected chi connectivity index (χ3v) is 2.83. The fourth-order valence-electron chi connectivity index (χ4n) is 1.56. The molecule has 2 N–H and O–H groups in total.